The summed E-state index contributed by atoms with van der Waals surface area (Å²) in [5.74, 6) is 0.597. The third-order valence-electron chi connectivity index (χ3n) is 4.46. The molecule has 1 aliphatic rings. The van der Waals surface area contributed by atoms with Crippen molar-refractivity contribution >= 4 is 35.0 Å². The lowest BCUT2D eigenvalue weighted by Gasteiger charge is -2.30. The molecule has 0 saturated heterocycles. The van der Waals surface area contributed by atoms with Gasteiger partial charge in [-0.25, -0.2) is 0 Å². The maximum atomic E-state index is 13.0. The molecule has 0 saturated carbocycles. The van der Waals surface area contributed by atoms with Crippen molar-refractivity contribution in [3.05, 3.63) is 60.0 Å². The molecule has 9 heteroatoms. The molecule has 0 aliphatic carbocycles. The minimum atomic E-state index is -0.519. The number of nitrogens with one attached hydrogen (secondary N) is 1. The summed E-state index contributed by atoms with van der Waals surface area (Å²) in [5.41, 5.74) is 2.38. The van der Waals surface area contributed by atoms with Gasteiger partial charge in [0.1, 0.15) is 12.3 Å². The Morgan fingerprint density at radius 2 is 2.10 bits per heavy atom. The Bertz CT molecular complexity index is 1080. The summed E-state index contributed by atoms with van der Waals surface area (Å²) in [4.78, 5) is 26.4. The number of para-hydroxylation sites is 2. The predicted octanol–water partition coefficient (Wildman–Crippen LogP) is 3.42. The number of nitrogens with zero attached hydrogens (tertiary/aromatic N) is 3. The quantitative estimate of drug-likeness (QED) is 0.606. The van der Waals surface area contributed by atoms with Gasteiger partial charge >= 0.3 is 0 Å². The van der Waals surface area contributed by atoms with Crippen molar-refractivity contribution in [1.82, 2.24) is 10.2 Å². The number of benzene rings is 2. The summed E-state index contributed by atoms with van der Waals surface area (Å²) in [6.45, 7) is 3.84. The molecule has 8 nitrogen and oxygen atoms in total. The van der Waals surface area contributed by atoms with Gasteiger partial charge in [-0.3, -0.25) is 14.5 Å². The number of carbonyl (C=O) groups is 2. The lowest BCUT2D eigenvalue weighted by atomic mass is 10.2. The van der Waals surface area contributed by atoms with Crippen molar-refractivity contribution in [1.29, 1.82) is 0 Å². The predicted molar refractivity (Wildman–Crippen MR) is 113 cm³/mol. The Labute approximate surface area is 177 Å². The van der Waals surface area contributed by atoms with Crippen molar-refractivity contribution in [2.75, 3.05) is 16.8 Å². The van der Waals surface area contributed by atoms with Crippen LogP contribution in [0.5, 0.6) is 5.75 Å². The first kappa shape index (κ1) is 20.0. The average Bonchev–Trinajstić information content (AvgIpc) is 3.18. The molecule has 2 aromatic carbocycles. The molecule has 30 heavy (non-hydrogen) atoms. The Morgan fingerprint density at radius 1 is 1.27 bits per heavy atom. The minimum absolute atomic E-state index is 0.0276. The van der Waals surface area contributed by atoms with E-state index in [-0.39, 0.29) is 30.2 Å². The van der Waals surface area contributed by atoms with E-state index >= 15 is 0 Å². The molecule has 2 heterocycles. The summed E-state index contributed by atoms with van der Waals surface area (Å²) < 4.78 is 11.3. The number of aromatic nitrogens is 2. The summed E-state index contributed by atoms with van der Waals surface area (Å²) in [6.07, 6.45) is 0. The van der Waals surface area contributed by atoms with E-state index in [1.165, 1.54) is 4.90 Å². The zero-order chi connectivity index (χ0) is 21.1. The summed E-state index contributed by atoms with van der Waals surface area (Å²) in [6, 6.07) is 14.9. The van der Waals surface area contributed by atoms with E-state index in [1.807, 2.05) is 43.3 Å². The van der Waals surface area contributed by atoms with Gasteiger partial charge in [0, 0.05) is 0 Å². The number of anilines is 2. The number of thioether (sulfide) groups is 1. The van der Waals surface area contributed by atoms with Crippen LogP contribution in [-0.4, -0.2) is 33.8 Å². The zero-order valence-corrected chi connectivity index (χ0v) is 17.3. The molecule has 1 N–H and O–H groups in total. The Morgan fingerprint density at radius 3 is 2.93 bits per heavy atom. The van der Waals surface area contributed by atoms with E-state index in [0.29, 0.717) is 23.0 Å². The van der Waals surface area contributed by atoms with Gasteiger partial charge in [0.05, 0.1) is 16.6 Å². The second-order valence-corrected chi connectivity index (χ2v) is 8.11. The van der Waals surface area contributed by atoms with Crippen molar-refractivity contribution in [2.24, 2.45) is 0 Å². The molecule has 2 amide bonds. The number of hydrogen-bond acceptors (Lipinski definition) is 7. The molecule has 0 spiro atoms. The summed E-state index contributed by atoms with van der Waals surface area (Å²) in [7, 11) is 0. The van der Waals surface area contributed by atoms with Crippen LogP contribution < -0.4 is 15.0 Å². The minimum Gasteiger partial charge on any atom is -0.484 e. The Kier molecular flexibility index (Phi) is 5.71. The standard InChI is InChI=1S/C21H20N4O4S/c1-13-6-5-7-15(10-13)28-12-19-23-24-21(29-19)30-14(2)20(27)25-11-18(26)22-16-8-3-4-9-17(16)25/h3-10,14H,11-12H2,1-2H3,(H,22,26). The number of aryl methyl sites for hydroxylation is 1. The number of amides is 2. The molecular weight excluding hydrogens is 404 g/mol. The third kappa shape index (κ3) is 4.46. The van der Waals surface area contributed by atoms with Crippen LogP contribution in [0.15, 0.2) is 58.2 Å². The van der Waals surface area contributed by atoms with Crippen molar-refractivity contribution in [2.45, 2.75) is 30.9 Å². The van der Waals surface area contributed by atoms with Crippen LogP contribution in [0.2, 0.25) is 0 Å². The van der Waals surface area contributed by atoms with E-state index < -0.39 is 5.25 Å². The monoisotopic (exact) mass is 424 g/mol. The number of fused-ring (bicyclic) bond motifs is 1. The first-order valence-electron chi connectivity index (χ1n) is 9.38. The third-order valence-corrected chi connectivity index (χ3v) is 5.38. The van der Waals surface area contributed by atoms with Gasteiger partial charge in [0.2, 0.25) is 11.8 Å². The van der Waals surface area contributed by atoms with Crippen LogP contribution in [0.4, 0.5) is 11.4 Å². The Balaban J connectivity index is 1.39. The van der Waals surface area contributed by atoms with Crippen LogP contribution in [0.3, 0.4) is 0 Å². The molecule has 4 rings (SSSR count). The van der Waals surface area contributed by atoms with Gasteiger partial charge < -0.3 is 14.5 Å². The van der Waals surface area contributed by atoms with E-state index in [9.17, 15) is 9.59 Å². The number of carbonyl (C=O) groups excluding carboxylic acids is 2. The van der Waals surface area contributed by atoms with E-state index in [0.717, 1.165) is 17.3 Å². The molecule has 3 aromatic rings. The molecule has 1 unspecified atom stereocenters. The van der Waals surface area contributed by atoms with Gasteiger partial charge in [-0.2, -0.15) is 0 Å². The van der Waals surface area contributed by atoms with Crippen molar-refractivity contribution in [3.63, 3.8) is 0 Å². The van der Waals surface area contributed by atoms with Crippen LogP contribution in [0.1, 0.15) is 18.4 Å². The van der Waals surface area contributed by atoms with Crippen LogP contribution in [0, 0.1) is 6.92 Å². The van der Waals surface area contributed by atoms with E-state index in [2.05, 4.69) is 15.5 Å². The zero-order valence-electron chi connectivity index (χ0n) is 16.5. The van der Waals surface area contributed by atoms with Gasteiger partial charge in [-0.1, -0.05) is 36.0 Å². The van der Waals surface area contributed by atoms with Gasteiger partial charge in [0.25, 0.3) is 11.1 Å². The Hall–Kier alpha value is -3.33. The molecule has 154 valence electrons. The van der Waals surface area contributed by atoms with Crippen molar-refractivity contribution in [3.8, 4) is 5.75 Å². The fourth-order valence-electron chi connectivity index (χ4n) is 3.05. The van der Waals surface area contributed by atoms with Crippen LogP contribution >= 0.6 is 11.8 Å². The van der Waals surface area contributed by atoms with Gasteiger partial charge in [0.15, 0.2) is 6.61 Å². The fourth-order valence-corrected chi connectivity index (χ4v) is 3.81. The highest BCUT2D eigenvalue weighted by Gasteiger charge is 2.30. The highest BCUT2D eigenvalue weighted by Crippen LogP contribution is 2.32. The van der Waals surface area contributed by atoms with Crippen molar-refractivity contribution < 1.29 is 18.7 Å². The molecule has 1 atom stereocenters. The molecule has 1 aliphatic heterocycles. The number of ether oxygens (including phenoxy) is 1. The molecule has 0 fully saturated rings. The smallest absolute Gasteiger partial charge is 0.277 e. The molecule has 1 aromatic heterocycles. The molecule has 0 bridgehead atoms. The van der Waals surface area contributed by atoms with E-state index in [1.54, 1.807) is 19.1 Å². The van der Waals surface area contributed by atoms with Crippen LogP contribution in [-0.2, 0) is 16.2 Å². The average molecular weight is 424 g/mol. The molecular formula is C21H20N4O4S. The number of hydrogen-bond donors (Lipinski definition) is 1. The SMILES string of the molecule is Cc1cccc(OCc2nnc(SC(C)C(=O)N3CC(=O)Nc4ccccc43)o2)c1. The first-order chi connectivity index (χ1) is 14.5. The largest absolute Gasteiger partial charge is 0.484 e. The molecule has 0 radical (unpaired) electrons. The van der Waals surface area contributed by atoms with Gasteiger partial charge in [-0.15, -0.1) is 10.2 Å². The van der Waals surface area contributed by atoms with Gasteiger partial charge in [-0.05, 0) is 43.7 Å². The normalized spacial score (nSPS) is 14.1. The van der Waals surface area contributed by atoms with Crippen LogP contribution in [0.25, 0.3) is 0 Å². The highest BCUT2D eigenvalue weighted by atomic mass is 32.2. The summed E-state index contributed by atoms with van der Waals surface area (Å²) in [5, 5.41) is 10.5. The second kappa shape index (κ2) is 8.58. The lowest BCUT2D eigenvalue weighted by molar-refractivity contribution is -0.121. The fraction of sp³-hybridized carbons (Fsp3) is 0.238. The highest BCUT2D eigenvalue weighted by molar-refractivity contribution is 8.00. The second-order valence-electron chi connectivity index (χ2n) is 6.82. The number of rotatable bonds is 6. The lowest BCUT2D eigenvalue weighted by Crippen LogP contribution is -2.45. The van der Waals surface area contributed by atoms with E-state index in [4.69, 9.17) is 9.15 Å². The maximum absolute atomic E-state index is 13.0. The maximum Gasteiger partial charge on any atom is 0.277 e. The topological polar surface area (TPSA) is 97.6 Å². The summed E-state index contributed by atoms with van der Waals surface area (Å²) >= 11 is 1.15. The first-order valence-corrected chi connectivity index (χ1v) is 10.3.